The predicted octanol–water partition coefficient (Wildman–Crippen LogP) is 0.976. The van der Waals surface area contributed by atoms with Crippen molar-refractivity contribution in [1.29, 1.82) is 0 Å². The molecule has 0 amide bonds. The van der Waals surface area contributed by atoms with Gasteiger partial charge in [-0.1, -0.05) is 6.08 Å². The van der Waals surface area contributed by atoms with Crippen LogP contribution in [0.25, 0.3) is 0 Å². The topological polar surface area (TPSA) is 56.3 Å². The summed E-state index contributed by atoms with van der Waals surface area (Å²) >= 11 is 0. The van der Waals surface area contributed by atoms with Gasteiger partial charge in [-0.3, -0.25) is 4.98 Å². The van der Waals surface area contributed by atoms with Crippen molar-refractivity contribution in [2.45, 2.75) is 0 Å². The maximum absolute atomic E-state index is 11.1. The minimum Gasteiger partial charge on any atom is -0.382 e. The Morgan fingerprint density at radius 3 is 2.62 bits per heavy atom. The molecule has 0 spiro atoms. The molecule has 70 valence electrons. The summed E-state index contributed by atoms with van der Waals surface area (Å²) < 4.78 is 26.9. The fourth-order valence-corrected chi connectivity index (χ4v) is 1.48. The second-order valence-electron chi connectivity index (χ2n) is 2.28. The van der Waals surface area contributed by atoms with Crippen LogP contribution in [-0.4, -0.2) is 19.2 Å². The minimum absolute atomic E-state index is 0.199. The van der Waals surface area contributed by atoms with E-state index in [0.29, 0.717) is 0 Å². The highest BCUT2D eigenvalue weighted by Crippen LogP contribution is 2.10. The summed E-state index contributed by atoms with van der Waals surface area (Å²) in [4.78, 5) is 3.73. The predicted molar refractivity (Wildman–Crippen MR) is 48.8 cm³/mol. The Bertz CT molecular complexity index is 372. The number of aromatic nitrogens is 1. The van der Waals surface area contributed by atoms with E-state index in [1.807, 2.05) is 0 Å². The Morgan fingerprint density at radius 1 is 1.46 bits per heavy atom. The summed E-state index contributed by atoms with van der Waals surface area (Å²) in [6.07, 6.45) is 4.19. The molecule has 1 heterocycles. The van der Waals surface area contributed by atoms with Gasteiger partial charge in [0, 0.05) is 24.5 Å². The quantitative estimate of drug-likeness (QED) is 0.535. The van der Waals surface area contributed by atoms with Crippen LogP contribution >= 0.6 is 0 Å². The van der Waals surface area contributed by atoms with Crippen molar-refractivity contribution in [3.63, 3.8) is 0 Å². The molecule has 1 aromatic rings. The second kappa shape index (κ2) is 4.04. The van der Waals surface area contributed by atoms with Gasteiger partial charge < -0.3 is 4.18 Å². The SMILES string of the molecule is C=CCS(=O)(=O)Oc1ccncc1. The molecule has 0 aromatic carbocycles. The Kier molecular flexibility index (Phi) is 3.02. The first-order chi connectivity index (χ1) is 6.14. The average molecular weight is 199 g/mol. The lowest BCUT2D eigenvalue weighted by atomic mass is 10.5. The molecule has 5 heteroatoms. The summed E-state index contributed by atoms with van der Waals surface area (Å²) in [5.41, 5.74) is 0. The van der Waals surface area contributed by atoms with Crippen LogP contribution in [0.2, 0.25) is 0 Å². The van der Waals surface area contributed by atoms with Crippen LogP contribution in [-0.2, 0) is 10.1 Å². The van der Waals surface area contributed by atoms with Crippen molar-refractivity contribution in [3.05, 3.63) is 37.2 Å². The van der Waals surface area contributed by atoms with Gasteiger partial charge in [0.2, 0.25) is 0 Å². The smallest absolute Gasteiger partial charge is 0.312 e. The number of hydrogen-bond acceptors (Lipinski definition) is 4. The molecular formula is C8H9NO3S. The lowest BCUT2D eigenvalue weighted by Gasteiger charge is -2.03. The molecule has 1 rings (SSSR count). The van der Waals surface area contributed by atoms with E-state index in [2.05, 4.69) is 11.6 Å². The highest BCUT2D eigenvalue weighted by molar-refractivity contribution is 7.87. The van der Waals surface area contributed by atoms with Crippen molar-refractivity contribution in [3.8, 4) is 5.75 Å². The van der Waals surface area contributed by atoms with E-state index in [-0.39, 0.29) is 11.5 Å². The molecule has 0 aliphatic rings. The molecule has 0 atom stereocenters. The van der Waals surface area contributed by atoms with Crippen molar-refractivity contribution in [1.82, 2.24) is 4.98 Å². The minimum atomic E-state index is -3.53. The highest BCUT2D eigenvalue weighted by Gasteiger charge is 2.09. The van der Waals surface area contributed by atoms with Crippen molar-refractivity contribution < 1.29 is 12.6 Å². The zero-order chi connectivity index (χ0) is 9.73. The average Bonchev–Trinajstić information content (AvgIpc) is 2.04. The number of rotatable bonds is 4. The van der Waals surface area contributed by atoms with Crippen LogP contribution in [0.5, 0.6) is 5.75 Å². The molecule has 0 unspecified atom stereocenters. The third kappa shape index (κ3) is 3.25. The van der Waals surface area contributed by atoms with Crippen LogP contribution in [0, 0.1) is 0 Å². The zero-order valence-corrected chi connectivity index (χ0v) is 7.70. The van der Waals surface area contributed by atoms with Gasteiger partial charge in [0.1, 0.15) is 11.5 Å². The van der Waals surface area contributed by atoms with E-state index in [1.165, 1.54) is 30.6 Å². The fraction of sp³-hybridized carbons (Fsp3) is 0.125. The second-order valence-corrected chi connectivity index (χ2v) is 3.89. The first-order valence-corrected chi connectivity index (χ1v) is 5.15. The van der Waals surface area contributed by atoms with Crippen LogP contribution in [0.1, 0.15) is 0 Å². The molecule has 0 aliphatic carbocycles. The van der Waals surface area contributed by atoms with Crippen LogP contribution in [0.4, 0.5) is 0 Å². The molecule has 0 fully saturated rings. The van der Waals surface area contributed by atoms with Crippen LogP contribution in [0.15, 0.2) is 37.2 Å². The molecular weight excluding hydrogens is 190 g/mol. The first-order valence-electron chi connectivity index (χ1n) is 3.57. The van der Waals surface area contributed by atoms with Gasteiger partial charge in [0.05, 0.1) is 0 Å². The van der Waals surface area contributed by atoms with Gasteiger partial charge in [-0.2, -0.15) is 8.42 Å². The normalized spacial score (nSPS) is 10.8. The van der Waals surface area contributed by atoms with Gasteiger partial charge in [-0.15, -0.1) is 6.58 Å². The summed E-state index contributed by atoms with van der Waals surface area (Å²) in [7, 11) is -3.53. The lowest BCUT2D eigenvalue weighted by molar-refractivity contribution is 0.489. The van der Waals surface area contributed by atoms with E-state index in [1.54, 1.807) is 0 Å². The maximum Gasteiger partial charge on any atom is 0.312 e. The Balaban J connectivity index is 2.75. The van der Waals surface area contributed by atoms with Gasteiger partial charge in [0.15, 0.2) is 0 Å². The van der Waals surface area contributed by atoms with Gasteiger partial charge in [-0.05, 0) is 0 Å². The van der Waals surface area contributed by atoms with Gasteiger partial charge in [-0.25, -0.2) is 0 Å². The largest absolute Gasteiger partial charge is 0.382 e. The van der Waals surface area contributed by atoms with Crippen molar-refractivity contribution >= 4 is 10.1 Å². The van der Waals surface area contributed by atoms with E-state index in [4.69, 9.17) is 4.18 Å². The molecule has 4 nitrogen and oxygen atoms in total. The van der Waals surface area contributed by atoms with Crippen molar-refractivity contribution in [2.75, 3.05) is 5.75 Å². The van der Waals surface area contributed by atoms with E-state index in [9.17, 15) is 8.42 Å². The van der Waals surface area contributed by atoms with Gasteiger partial charge in [0.25, 0.3) is 0 Å². The standard InChI is InChI=1S/C8H9NO3S/c1-2-7-13(10,11)12-8-3-5-9-6-4-8/h2-6H,1,7H2. The highest BCUT2D eigenvalue weighted by atomic mass is 32.2. The summed E-state index contributed by atoms with van der Waals surface area (Å²) in [6.45, 7) is 3.32. The molecule has 13 heavy (non-hydrogen) atoms. The third-order valence-electron chi connectivity index (χ3n) is 1.19. The van der Waals surface area contributed by atoms with Gasteiger partial charge >= 0.3 is 10.1 Å². The summed E-state index contributed by atoms with van der Waals surface area (Å²) in [5.74, 6) is 0.0619. The molecule has 0 N–H and O–H groups in total. The lowest BCUT2D eigenvalue weighted by Crippen LogP contribution is -2.11. The molecule has 1 aromatic heterocycles. The monoisotopic (exact) mass is 199 g/mol. The Morgan fingerprint density at radius 2 is 2.08 bits per heavy atom. The van der Waals surface area contributed by atoms with Crippen LogP contribution < -0.4 is 4.18 Å². The van der Waals surface area contributed by atoms with E-state index < -0.39 is 10.1 Å². The molecule has 0 saturated carbocycles. The number of nitrogens with zero attached hydrogens (tertiary/aromatic N) is 1. The number of pyridine rings is 1. The summed E-state index contributed by atoms with van der Waals surface area (Å²) in [5, 5.41) is 0. The fourth-order valence-electron chi connectivity index (χ4n) is 0.719. The van der Waals surface area contributed by atoms with Crippen molar-refractivity contribution in [2.24, 2.45) is 0 Å². The summed E-state index contributed by atoms with van der Waals surface area (Å²) in [6, 6.07) is 2.95. The van der Waals surface area contributed by atoms with E-state index in [0.717, 1.165) is 0 Å². The Hall–Kier alpha value is -1.36. The van der Waals surface area contributed by atoms with Crippen LogP contribution in [0.3, 0.4) is 0 Å². The first kappa shape index (κ1) is 9.73. The number of hydrogen-bond donors (Lipinski definition) is 0. The molecule has 0 saturated heterocycles. The third-order valence-corrected chi connectivity index (χ3v) is 2.29. The maximum atomic E-state index is 11.1. The zero-order valence-electron chi connectivity index (χ0n) is 6.88. The molecule has 0 radical (unpaired) electrons. The van der Waals surface area contributed by atoms with E-state index >= 15 is 0 Å². The molecule has 0 aliphatic heterocycles. The molecule has 0 bridgehead atoms. The Labute approximate surface area is 77.0 Å².